The van der Waals surface area contributed by atoms with Crippen LogP contribution in [0, 0.1) is 24.1 Å². The summed E-state index contributed by atoms with van der Waals surface area (Å²) in [7, 11) is 0. The van der Waals surface area contributed by atoms with E-state index >= 15 is 0 Å². The van der Waals surface area contributed by atoms with Gasteiger partial charge in [-0.2, -0.15) is 10.4 Å². The Morgan fingerprint density at radius 2 is 1.93 bits per heavy atom. The quantitative estimate of drug-likeness (QED) is 0.557. The highest BCUT2D eigenvalue weighted by Crippen LogP contribution is 2.30. The van der Waals surface area contributed by atoms with Crippen molar-refractivity contribution in [1.29, 1.82) is 5.26 Å². The summed E-state index contributed by atoms with van der Waals surface area (Å²) in [5, 5.41) is 17.4. The van der Waals surface area contributed by atoms with E-state index in [1.165, 1.54) is 23.5 Å². The van der Waals surface area contributed by atoms with Crippen LogP contribution in [0.4, 0.5) is 4.39 Å². The van der Waals surface area contributed by atoms with Crippen molar-refractivity contribution in [3.63, 3.8) is 0 Å². The first-order chi connectivity index (χ1) is 13.6. The zero-order valence-electron chi connectivity index (χ0n) is 14.9. The second-order valence-corrected chi connectivity index (χ2v) is 7.25. The first-order valence-electron chi connectivity index (χ1n) is 8.58. The van der Waals surface area contributed by atoms with Crippen LogP contribution in [-0.4, -0.2) is 15.7 Å². The Balaban J connectivity index is 1.67. The molecule has 5 nitrogen and oxygen atoms in total. The van der Waals surface area contributed by atoms with Gasteiger partial charge in [-0.25, -0.2) is 9.07 Å². The lowest BCUT2D eigenvalue weighted by atomic mass is 10.1. The Labute approximate surface area is 164 Å². The van der Waals surface area contributed by atoms with Gasteiger partial charge in [-0.1, -0.05) is 36.4 Å². The van der Waals surface area contributed by atoms with Crippen molar-refractivity contribution in [2.45, 2.75) is 13.0 Å². The fraction of sp³-hybridized carbons (Fsp3) is 0.0952. The number of halogens is 1. The van der Waals surface area contributed by atoms with Gasteiger partial charge in [0.25, 0.3) is 5.91 Å². The maximum Gasteiger partial charge on any atom is 0.262 e. The van der Waals surface area contributed by atoms with Gasteiger partial charge in [-0.05, 0) is 31.2 Å². The lowest BCUT2D eigenvalue weighted by Crippen LogP contribution is -2.27. The molecule has 0 fully saturated rings. The van der Waals surface area contributed by atoms with Gasteiger partial charge < -0.3 is 5.32 Å². The number of amides is 1. The molecule has 1 amide bonds. The summed E-state index contributed by atoms with van der Waals surface area (Å²) in [5.74, 6) is -0.948. The average molecular weight is 390 g/mol. The minimum atomic E-state index is -1.06. The Bertz CT molecular complexity index is 1210. The fourth-order valence-electron chi connectivity index (χ4n) is 2.99. The van der Waals surface area contributed by atoms with Crippen molar-refractivity contribution in [2.24, 2.45) is 0 Å². The summed E-state index contributed by atoms with van der Waals surface area (Å²) >= 11 is 1.28. The number of aryl methyl sites for hydroxylation is 1. The van der Waals surface area contributed by atoms with Crippen molar-refractivity contribution >= 4 is 27.5 Å². The van der Waals surface area contributed by atoms with Crippen LogP contribution in [0.3, 0.4) is 0 Å². The number of carbonyl (C=O) groups is 1. The third kappa shape index (κ3) is 3.15. The summed E-state index contributed by atoms with van der Waals surface area (Å²) in [6.07, 6.45) is 0. The molecule has 0 aliphatic rings. The predicted octanol–water partition coefficient (Wildman–Crippen LogP) is 4.53. The molecule has 0 aliphatic carbocycles. The molecule has 4 rings (SSSR count). The Morgan fingerprint density at radius 3 is 2.64 bits per heavy atom. The van der Waals surface area contributed by atoms with Crippen LogP contribution >= 0.6 is 11.3 Å². The normalized spacial score (nSPS) is 11.9. The second kappa shape index (κ2) is 7.25. The van der Waals surface area contributed by atoms with Crippen molar-refractivity contribution in [3.05, 3.63) is 82.6 Å². The van der Waals surface area contributed by atoms with Gasteiger partial charge >= 0.3 is 0 Å². The monoisotopic (exact) mass is 390 g/mol. The van der Waals surface area contributed by atoms with E-state index < -0.39 is 17.8 Å². The summed E-state index contributed by atoms with van der Waals surface area (Å²) < 4.78 is 15.8. The highest BCUT2D eigenvalue weighted by Gasteiger charge is 2.21. The molecule has 28 heavy (non-hydrogen) atoms. The molecule has 2 heterocycles. The van der Waals surface area contributed by atoms with Gasteiger partial charge in [0.15, 0.2) is 0 Å². The van der Waals surface area contributed by atoms with Crippen LogP contribution < -0.4 is 5.32 Å². The van der Waals surface area contributed by atoms with E-state index in [-0.39, 0.29) is 5.56 Å². The van der Waals surface area contributed by atoms with E-state index in [0.29, 0.717) is 4.88 Å². The predicted molar refractivity (Wildman–Crippen MR) is 106 cm³/mol. The van der Waals surface area contributed by atoms with Crippen LogP contribution in [0.5, 0.6) is 0 Å². The average Bonchev–Trinajstić information content (AvgIpc) is 3.28. The number of para-hydroxylation sites is 1. The van der Waals surface area contributed by atoms with Gasteiger partial charge in [0.05, 0.1) is 22.3 Å². The molecule has 2 aromatic carbocycles. The van der Waals surface area contributed by atoms with Gasteiger partial charge in [0.2, 0.25) is 0 Å². The number of aromatic nitrogens is 2. The van der Waals surface area contributed by atoms with Crippen molar-refractivity contribution in [1.82, 2.24) is 15.1 Å². The topological polar surface area (TPSA) is 70.7 Å². The molecule has 2 aromatic heterocycles. The summed E-state index contributed by atoms with van der Waals surface area (Å²) in [4.78, 5) is 14.0. The molecule has 0 radical (unpaired) electrons. The molecule has 1 atom stereocenters. The molecule has 0 spiro atoms. The Morgan fingerprint density at radius 1 is 1.21 bits per heavy atom. The highest BCUT2D eigenvalue weighted by atomic mass is 32.1. The number of thiophene rings is 1. The maximum absolute atomic E-state index is 14.0. The molecular weight excluding hydrogens is 375 g/mol. The van der Waals surface area contributed by atoms with E-state index in [9.17, 15) is 14.4 Å². The molecule has 0 bridgehead atoms. The number of carbonyl (C=O) groups excluding carboxylic acids is 1. The van der Waals surface area contributed by atoms with Crippen LogP contribution in [0.1, 0.15) is 27.0 Å². The molecule has 0 aliphatic heterocycles. The standard InChI is InChI=1S/C21H15FN4OS/c1-13-16-11-19(28-21(16)26(25-13)14-7-3-2-4-8-14)20(27)24-18(12-23)15-9-5-6-10-17(15)22/h2-11,18H,1H3,(H,24,27). The Kier molecular flexibility index (Phi) is 4.63. The molecule has 7 heteroatoms. The third-order valence-electron chi connectivity index (χ3n) is 4.39. The lowest BCUT2D eigenvalue weighted by Gasteiger charge is -2.11. The minimum Gasteiger partial charge on any atom is -0.332 e. The van der Waals surface area contributed by atoms with E-state index in [1.807, 2.05) is 43.3 Å². The highest BCUT2D eigenvalue weighted by molar-refractivity contribution is 7.20. The van der Waals surface area contributed by atoms with Crippen molar-refractivity contribution in [2.75, 3.05) is 0 Å². The van der Waals surface area contributed by atoms with Crippen molar-refractivity contribution in [3.8, 4) is 11.8 Å². The molecular formula is C21H15FN4OS. The SMILES string of the molecule is Cc1nn(-c2ccccc2)c2sc(C(=O)NC(C#N)c3ccccc3F)cc12. The zero-order chi connectivity index (χ0) is 19.7. The van der Waals surface area contributed by atoms with Crippen LogP contribution in [0.25, 0.3) is 15.9 Å². The molecule has 1 N–H and O–H groups in total. The Hall–Kier alpha value is -3.50. The maximum atomic E-state index is 14.0. The number of nitrogens with zero attached hydrogens (tertiary/aromatic N) is 3. The van der Waals surface area contributed by atoms with Gasteiger partial charge in [0, 0.05) is 10.9 Å². The van der Waals surface area contributed by atoms with Crippen LogP contribution in [0.15, 0.2) is 60.7 Å². The summed E-state index contributed by atoms with van der Waals surface area (Å²) in [5.41, 5.74) is 1.85. The fourth-order valence-corrected chi connectivity index (χ4v) is 4.08. The third-order valence-corrected chi connectivity index (χ3v) is 5.50. The first-order valence-corrected chi connectivity index (χ1v) is 9.39. The molecule has 4 aromatic rings. The van der Waals surface area contributed by atoms with Crippen LogP contribution in [0.2, 0.25) is 0 Å². The van der Waals surface area contributed by atoms with E-state index in [2.05, 4.69) is 10.4 Å². The summed E-state index contributed by atoms with van der Waals surface area (Å²) in [6.45, 7) is 1.88. The van der Waals surface area contributed by atoms with Gasteiger partial charge in [-0.15, -0.1) is 11.3 Å². The van der Waals surface area contributed by atoms with E-state index in [0.717, 1.165) is 21.6 Å². The number of rotatable bonds is 4. The first kappa shape index (κ1) is 17.9. The number of nitriles is 1. The van der Waals surface area contributed by atoms with Crippen LogP contribution in [-0.2, 0) is 0 Å². The molecule has 0 saturated heterocycles. The lowest BCUT2D eigenvalue weighted by molar-refractivity contribution is 0.0949. The van der Waals surface area contributed by atoms with E-state index in [1.54, 1.807) is 22.9 Å². The van der Waals surface area contributed by atoms with Crippen molar-refractivity contribution < 1.29 is 9.18 Å². The summed E-state index contributed by atoms with van der Waals surface area (Å²) in [6, 6.07) is 18.2. The number of hydrogen-bond donors (Lipinski definition) is 1. The molecule has 138 valence electrons. The number of benzene rings is 2. The molecule has 1 unspecified atom stereocenters. The van der Waals surface area contributed by atoms with E-state index in [4.69, 9.17) is 0 Å². The van der Waals surface area contributed by atoms with Gasteiger partial charge in [-0.3, -0.25) is 4.79 Å². The number of hydrogen-bond acceptors (Lipinski definition) is 4. The smallest absolute Gasteiger partial charge is 0.262 e. The zero-order valence-corrected chi connectivity index (χ0v) is 15.7. The minimum absolute atomic E-state index is 0.145. The largest absolute Gasteiger partial charge is 0.332 e. The molecule has 0 saturated carbocycles. The second-order valence-electron chi connectivity index (χ2n) is 6.22. The van der Waals surface area contributed by atoms with Gasteiger partial charge in [0.1, 0.15) is 16.7 Å². The number of nitrogens with one attached hydrogen (secondary N) is 1. The number of fused-ring (bicyclic) bond motifs is 1.